The van der Waals surface area contributed by atoms with Gasteiger partial charge in [-0.15, -0.1) is 23.5 Å². The largest absolute Gasteiger partial charge is 0.469 e. The van der Waals surface area contributed by atoms with Crippen LogP contribution in [0.2, 0.25) is 0 Å². The maximum atomic E-state index is 11.8. The van der Waals surface area contributed by atoms with Crippen LogP contribution in [0.3, 0.4) is 0 Å². The molecule has 18 heavy (non-hydrogen) atoms. The van der Waals surface area contributed by atoms with E-state index in [2.05, 4.69) is 6.92 Å². The summed E-state index contributed by atoms with van der Waals surface area (Å²) in [5, 5.41) is 0. The summed E-state index contributed by atoms with van der Waals surface area (Å²) in [7, 11) is 1.41. The number of rotatable bonds is 3. The maximum Gasteiger partial charge on any atom is 0.309 e. The van der Waals surface area contributed by atoms with Crippen molar-refractivity contribution >= 4 is 35.8 Å². The van der Waals surface area contributed by atoms with Gasteiger partial charge in [0.15, 0.2) is 0 Å². The van der Waals surface area contributed by atoms with E-state index in [0.717, 1.165) is 25.5 Å². The van der Waals surface area contributed by atoms with Crippen molar-refractivity contribution in [2.75, 3.05) is 18.6 Å². The number of hydrogen-bond donors (Lipinski definition) is 0. The molecule has 1 saturated carbocycles. The number of carbonyl (C=O) groups is 2. The van der Waals surface area contributed by atoms with Crippen molar-refractivity contribution in [3.63, 3.8) is 0 Å². The third-order valence-electron chi connectivity index (χ3n) is 4.18. The summed E-state index contributed by atoms with van der Waals surface area (Å²) >= 11 is 4.01. The van der Waals surface area contributed by atoms with Gasteiger partial charge in [-0.3, -0.25) is 4.79 Å². The lowest BCUT2D eigenvalue weighted by Gasteiger charge is -2.39. The number of thioether (sulfide) groups is 2. The molecule has 0 aromatic heterocycles. The number of esters is 1. The zero-order valence-electron chi connectivity index (χ0n) is 10.9. The Morgan fingerprint density at radius 2 is 2.00 bits per heavy atom. The van der Waals surface area contributed by atoms with Crippen LogP contribution in [0.4, 0.5) is 0 Å². The highest BCUT2D eigenvalue weighted by molar-refractivity contribution is 8.21. The third-order valence-corrected chi connectivity index (χ3v) is 7.78. The van der Waals surface area contributed by atoms with Gasteiger partial charge in [0.2, 0.25) is 0 Å². The van der Waals surface area contributed by atoms with Crippen molar-refractivity contribution in [3.8, 4) is 0 Å². The molecular formula is C13H20O3S2. The van der Waals surface area contributed by atoms with E-state index in [1.54, 1.807) is 0 Å². The van der Waals surface area contributed by atoms with E-state index in [4.69, 9.17) is 4.74 Å². The minimum Gasteiger partial charge on any atom is -0.469 e. The molecule has 0 bridgehead atoms. The SMILES string of the molecule is COC(=O)C1CC(C2(C)SCCS2)CCC1C=O. The average molecular weight is 288 g/mol. The first-order valence-corrected chi connectivity index (χ1v) is 8.39. The number of aldehydes is 1. The topological polar surface area (TPSA) is 43.4 Å². The highest BCUT2D eigenvalue weighted by Crippen LogP contribution is 2.54. The predicted molar refractivity (Wildman–Crippen MR) is 75.7 cm³/mol. The normalized spacial score (nSPS) is 35.1. The molecule has 1 aliphatic carbocycles. The molecule has 0 aromatic rings. The summed E-state index contributed by atoms with van der Waals surface area (Å²) in [5.41, 5.74) is 0. The fourth-order valence-electron chi connectivity index (χ4n) is 3.02. The summed E-state index contributed by atoms with van der Waals surface area (Å²) in [4.78, 5) is 22.9. The smallest absolute Gasteiger partial charge is 0.309 e. The molecule has 2 rings (SSSR count). The number of methoxy groups -OCH3 is 1. The van der Waals surface area contributed by atoms with E-state index in [0.29, 0.717) is 5.92 Å². The second kappa shape index (κ2) is 5.87. The molecule has 5 heteroatoms. The standard InChI is InChI=1S/C13H20O3S2/c1-13(17-5-6-18-13)10-4-3-9(8-14)11(7-10)12(15)16-2/h8-11H,3-7H2,1-2H3. The van der Waals surface area contributed by atoms with Crippen LogP contribution < -0.4 is 0 Å². The summed E-state index contributed by atoms with van der Waals surface area (Å²) in [6, 6.07) is 0. The van der Waals surface area contributed by atoms with Gasteiger partial charge >= 0.3 is 5.97 Å². The summed E-state index contributed by atoms with van der Waals surface area (Å²) in [6.07, 6.45) is 3.61. The van der Waals surface area contributed by atoms with E-state index in [1.165, 1.54) is 18.6 Å². The van der Waals surface area contributed by atoms with E-state index in [-0.39, 0.29) is 21.9 Å². The van der Waals surface area contributed by atoms with Gasteiger partial charge in [0.1, 0.15) is 6.29 Å². The Hall–Kier alpha value is -0.160. The van der Waals surface area contributed by atoms with Gasteiger partial charge in [0, 0.05) is 17.4 Å². The highest BCUT2D eigenvalue weighted by Gasteiger charge is 2.45. The number of carbonyl (C=O) groups excluding carboxylic acids is 2. The second-order valence-corrected chi connectivity index (χ2v) is 8.50. The third kappa shape index (κ3) is 2.72. The number of hydrogen-bond acceptors (Lipinski definition) is 5. The molecule has 0 spiro atoms. The van der Waals surface area contributed by atoms with E-state index in [1.807, 2.05) is 23.5 Å². The fraction of sp³-hybridized carbons (Fsp3) is 0.846. The zero-order chi connectivity index (χ0) is 13.2. The molecule has 0 radical (unpaired) electrons. The molecule has 1 saturated heterocycles. The molecular weight excluding hydrogens is 268 g/mol. The molecule has 2 fully saturated rings. The Bertz CT molecular complexity index is 326. The minimum absolute atomic E-state index is 0.145. The van der Waals surface area contributed by atoms with Gasteiger partial charge in [-0.1, -0.05) is 0 Å². The predicted octanol–water partition coefficient (Wildman–Crippen LogP) is 2.59. The van der Waals surface area contributed by atoms with Gasteiger partial charge in [-0.25, -0.2) is 0 Å². The van der Waals surface area contributed by atoms with Crippen LogP contribution in [0.15, 0.2) is 0 Å². The molecule has 0 amide bonds. The van der Waals surface area contributed by atoms with Crippen molar-refractivity contribution in [2.45, 2.75) is 30.3 Å². The van der Waals surface area contributed by atoms with Crippen LogP contribution in [0.25, 0.3) is 0 Å². The quantitative estimate of drug-likeness (QED) is 0.590. The minimum atomic E-state index is -0.232. The molecule has 3 unspecified atom stereocenters. The monoisotopic (exact) mass is 288 g/mol. The number of ether oxygens (including phenoxy) is 1. The Morgan fingerprint density at radius 3 is 2.56 bits per heavy atom. The molecule has 3 nitrogen and oxygen atoms in total. The van der Waals surface area contributed by atoms with Crippen LogP contribution in [0.5, 0.6) is 0 Å². The van der Waals surface area contributed by atoms with Crippen LogP contribution >= 0.6 is 23.5 Å². The molecule has 0 N–H and O–H groups in total. The summed E-state index contributed by atoms with van der Waals surface area (Å²) in [6.45, 7) is 2.29. The lowest BCUT2D eigenvalue weighted by atomic mass is 9.73. The Balaban J connectivity index is 2.08. The first-order valence-electron chi connectivity index (χ1n) is 6.41. The lowest BCUT2D eigenvalue weighted by molar-refractivity contribution is -0.150. The lowest BCUT2D eigenvalue weighted by Crippen LogP contribution is -2.38. The average Bonchev–Trinajstić information content (AvgIpc) is 2.85. The van der Waals surface area contributed by atoms with E-state index >= 15 is 0 Å². The van der Waals surface area contributed by atoms with Gasteiger partial charge < -0.3 is 9.53 Å². The molecule has 1 heterocycles. The molecule has 0 aromatic carbocycles. The first-order chi connectivity index (χ1) is 8.60. The highest BCUT2D eigenvalue weighted by atomic mass is 32.2. The molecule has 1 aliphatic heterocycles. The zero-order valence-corrected chi connectivity index (χ0v) is 12.5. The van der Waals surface area contributed by atoms with Gasteiger partial charge in [0.05, 0.1) is 17.1 Å². The maximum absolute atomic E-state index is 11.8. The van der Waals surface area contributed by atoms with E-state index in [9.17, 15) is 9.59 Å². The van der Waals surface area contributed by atoms with Crippen molar-refractivity contribution < 1.29 is 14.3 Å². The van der Waals surface area contributed by atoms with E-state index < -0.39 is 0 Å². The van der Waals surface area contributed by atoms with Crippen LogP contribution in [0.1, 0.15) is 26.2 Å². The molecule has 102 valence electrons. The fourth-order valence-corrected chi connectivity index (χ4v) is 6.23. The van der Waals surface area contributed by atoms with Crippen LogP contribution in [-0.4, -0.2) is 35.0 Å². The Morgan fingerprint density at radius 1 is 1.33 bits per heavy atom. The van der Waals surface area contributed by atoms with Gasteiger partial charge in [0.25, 0.3) is 0 Å². The summed E-state index contributed by atoms with van der Waals surface area (Å²) < 4.78 is 5.08. The van der Waals surface area contributed by atoms with Crippen molar-refractivity contribution in [3.05, 3.63) is 0 Å². The summed E-state index contributed by atoms with van der Waals surface area (Å²) in [5.74, 6) is 2.30. The Labute approximate surface area is 117 Å². The van der Waals surface area contributed by atoms with Gasteiger partial charge in [-0.05, 0) is 32.1 Å². The first kappa shape index (κ1) is 14.3. The van der Waals surface area contributed by atoms with Crippen LogP contribution in [0, 0.1) is 17.8 Å². The second-order valence-electron chi connectivity index (χ2n) is 5.15. The van der Waals surface area contributed by atoms with Crippen LogP contribution in [-0.2, 0) is 14.3 Å². The van der Waals surface area contributed by atoms with Crippen molar-refractivity contribution in [1.29, 1.82) is 0 Å². The molecule has 3 atom stereocenters. The van der Waals surface area contributed by atoms with Crippen molar-refractivity contribution in [1.82, 2.24) is 0 Å². The Kier molecular flexibility index (Phi) is 4.64. The van der Waals surface area contributed by atoms with Crippen molar-refractivity contribution in [2.24, 2.45) is 17.8 Å². The molecule has 2 aliphatic rings. The van der Waals surface area contributed by atoms with Gasteiger partial charge in [-0.2, -0.15) is 0 Å².